The van der Waals surface area contributed by atoms with Crippen LogP contribution in [0.1, 0.15) is 27.9 Å². The first-order chi connectivity index (χ1) is 10.6. The monoisotopic (exact) mass is 305 g/mol. The van der Waals surface area contributed by atoms with Crippen molar-refractivity contribution in [2.45, 2.75) is 13.5 Å². The number of aromatic nitrogens is 4. The topological polar surface area (TPSA) is 119 Å². The van der Waals surface area contributed by atoms with Gasteiger partial charge in [-0.1, -0.05) is 0 Å². The Balaban J connectivity index is 1.87. The van der Waals surface area contributed by atoms with Gasteiger partial charge in [-0.3, -0.25) is 4.68 Å². The fraction of sp³-hybridized carbons (Fsp3) is 0.308. The fourth-order valence-electron chi connectivity index (χ4n) is 1.65. The van der Waals surface area contributed by atoms with Gasteiger partial charge in [0.05, 0.1) is 13.2 Å². The second-order valence-electron chi connectivity index (χ2n) is 4.18. The van der Waals surface area contributed by atoms with Gasteiger partial charge < -0.3 is 15.2 Å². The molecule has 0 fully saturated rings. The molecule has 0 atom stereocenters. The molecule has 0 radical (unpaired) electrons. The van der Waals surface area contributed by atoms with Crippen molar-refractivity contribution in [1.29, 1.82) is 0 Å². The average Bonchev–Trinajstić information content (AvgIpc) is 2.97. The van der Waals surface area contributed by atoms with Crippen molar-refractivity contribution in [2.75, 3.05) is 18.5 Å². The molecule has 0 saturated carbocycles. The highest BCUT2D eigenvalue weighted by atomic mass is 16.5. The molecule has 0 amide bonds. The molecule has 0 bridgehead atoms. The normalized spacial score (nSPS) is 10.2. The molecule has 9 nitrogen and oxygen atoms in total. The molecule has 2 rings (SSSR count). The summed E-state index contributed by atoms with van der Waals surface area (Å²) in [5.74, 6) is -1.36. The standard InChI is InChI=1S/C13H15N5O4/c1-2-22-12(21)10-4-7-18(17-10)8-6-15-13-14-5-3-9(16-13)11(19)20/h3-5,7H,2,6,8H2,1H3,(H,19,20)(H,14,15,16). The van der Waals surface area contributed by atoms with Crippen molar-refractivity contribution in [1.82, 2.24) is 19.7 Å². The van der Waals surface area contributed by atoms with Crippen LogP contribution in [0, 0.1) is 0 Å². The second-order valence-corrected chi connectivity index (χ2v) is 4.18. The maximum Gasteiger partial charge on any atom is 0.358 e. The molecule has 0 saturated heterocycles. The summed E-state index contributed by atoms with van der Waals surface area (Å²) in [5, 5.41) is 15.8. The number of hydrogen-bond donors (Lipinski definition) is 2. The number of carbonyl (C=O) groups is 2. The van der Waals surface area contributed by atoms with Gasteiger partial charge in [-0.15, -0.1) is 0 Å². The van der Waals surface area contributed by atoms with Crippen LogP contribution in [0.2, 0.25) is 0 Å². The molecule has 2 aromatic rings. The number of rotatable bonds is 7. The van der Waals surface area contributed by atoms with Crippen molar-refractivity contribution >= 4 is 17.9 Å². The van der Waals surface area contributed by atoms with E-state index in [9.17, 15) is 9.59 Å². The summed E-state index contributed by atoms with van der Waals surface area (Å²) in [6.45, 7) is 2.90. The minimum Gasteiger partial charge on any atom is -0.477 e. The smallest absolute Gasteiger partial charge is 0.358 e. The molecular weight excluding hydrogens is 290 g/mol. The van der Waals surface area contributed by atoms with Crippen LogP contribution in [0.5, 0.6) is 0 Å². The Morgan fingerprint density at radius 2 is 2.18 bits per heavy atom. The molecule has 2 N–H and O–H groups in total. The highest BCUT2D eigenvalue weighted by Gasteiger charge is 2.10. The van der Waals surface area contributed by atoms with E-state index in [0.717, 1.165) is 0 Å². The summed E-state index contributed by atoms with van der Waals surface area (Å²) in [4.78, 5) is 30.0. The fourth-order valence-corrected chi connectivity index (χ4v) is 1.65. The number of nitrogens with one attached hydrogen (secondary N) is 1. The maximum absolute atomic E-state index is 11.5. The Morgan fingerprint density at radius 3 is 2.91 bits per heavy atom. The lowest BCUT2D eigenvalue weighted by Gasteiger charge is -2.05. The molecule has 0 aliphatic carbocycles. The summed E-state index contributed by atoms with van der Waals surface area (Å²) in [5.41, 5.74) is 0.159. The Morgan fingerprint density at radius 1 is 1.36 bits per heavy atom. The zero-order valence-corrected chi connectivity index (χ0v) is 11.9. The third-order valence-corrected chi connectivity index (χ3v) is 2.62. The maximum atomic E-state index is 11.5. The molecule has 9 heteroatoms. The number of carbonyl (C=O) groups excluding carboxylic acids is 1. The lowest BCUT2D eigenvalue weighted by atomic mass is 10.4. The van der Waals surface area contributed by atoms with E-state index < -0.39 is 11.9 Å². The first kappa shape index (κ1) is 15.4. The van der Waals surface area contributed by atoms with Gasteiger partial charge in [-0.2, -0.15) is 5.10 Å². The first-order valence-corrected chi connectivity index (χ1v) is 6.61. The van der Waals surface area contributed by atoms with Gasteiger partial charge in [0.15, 0.2) is 11.4 Å². The number of anilines is 1. The predicted molar refractivity (Wildman–Crippen MR) is 75.7 cm³/mol. The minimum atomic E-state index is -1.11. The van der Waals surface area contributed by atoms with E-state index >= 15 is 0 Å². The Labute approximate surface area is 126 Å². The molecule has 0 aliphatic heterocycles. The van der Waals surface area contributed by atoms with E-state index in [1.807, 2.05) is 0 Å². The summed E-state index contributed by atoms with van der Waals surface area (Å²) < 4.78 is 6.41. The van der Waals surface area contributed by atoms with Gasteiger partial charge in [0.2, 0.25) is 5.95 Å². The molecule has 0 aromatic carbocycles. The summed E-state index contributed by atoms with van der Waals surface area (Å²) >= 11 is 0. The number of hydrogen-bond acceptors (Lipinski definition) is 7. The first-order valence-electron chi connectivity index (χ1n) is 6.61. The van der Waals surface area contributed by atoms with Crippen LogP contribution < -0.4 is 5.32 Å². The molecule has 116 valence electrons. The van der Waals surface area contributed by atoms with Crippen molar-refractivity contribution in [3.05, 3.63) is 35.9 Å². The Bertz CT molecular complexity index is 670. The number of carboxylic acids is 1. The van der Waals surface area contributed by atoms with Crippen molar-refractivity contribution in [3.63, 3.8) is 0 Å². The van der Waals surface area contributed by atoms with Crippen LogP contribution in [-0.4, -0.2) is 49.9 Å². The Kier molecular flexibility index (Phi) is 5.02. The van der Waals surface area contributed by atoms with Crippen molar-refractivity contribution < 1.29 is 19.4 Å². The van der Waals surface area contributed by atoms with E-state index in [1.54, 1.807) is 23.9 Å². The van der Waals surface area contributed by atoms with Crippen LogP contribution in [-0.2, 0) is 11.3 Å². The Hall–Kier alpha value is -2.97. The van der Waals surface area contributed by atoms with E-state index in [-0.39, 0.29) is 17.3 Å². The summed E-state index contributed by atoms with van der Waals surface area (Å²) in [6.07, 6.45) is 3.02. The molecule has 2 aromatic heterocycles. The quantitative estimate of drug-likeness (QED) is 0.716. The van der Waals surface area contributed by atoms with E-state index in [0.29, 0.717) is 19.7 Å². The van der Waals surface area contributed by atoms with E-state index in [1.165, 1.54) is 12.3 Å². The largest absolute Gasteiger partial charge is 0.477 e. The third kappa shape index (κ3) is 4.01. The minimum absolute atomic E-state index is 0.0822. The van der Waals surface area contributed by atoms with Crippen LogP contribution in [0.15, 0.2) is 24.5 Å². The van der Waals surface area contributed by atoms with Crippen LogP contribution >= 0.6 is 0 Å². The van der Waals surface area contributed by atoms with E-state index in [4.69, 9.17) is 9.84 Å². The zero-order chi connectivity index (χ0) is 15.9. The van der Waals surface area contributed by atoms with Gasteiger partial charge in [-0.05, 0) is 19.1 Å². The van der Waals surface area contributed by atoms with Crippen LogP contribution in [0.3, 0.4) is 0 Å². The molecule has 22 heavy (non-hydrogen) atoms. The molecule has 0 spiro atoms. The highest BCUT2D eigenvalue weighted by molar-refractivity contribution is 5.87. The molecule has 0 unspecified atom stereocenters. The van der Waals surface area contributed by atoms with Gasteiger partial charge in [0.25, 0.3) is 0 Å². The lowest BCUT2D eigenvalue weighted by molar-refractivity contribution is 0.0518. The number of ether oxygens (including phenoxy) is 1. The third-order valence-electron chi connectivity index (χ3n) is 2.62. The second kappa shape index (κ2) is 7.16. The van der Waals surface area contributed by atoms with Crippen molar-refractivity contribution in [2.24, 2.45) is 0 Å². The SMILES string of the molecule is CCOC(=O)c1ccn(CCNc2nccc(C(=O)O)n2)n1. The molecule has 0 aliphatic rings. The highest BCUT2D eigenvalue weighted by Crippen LogP contribution is 2.01. The van der Waals surface area contributed by atoms with Gasteiger partial charge in [0, 0.05) is 18.9 Å². The van der Waals surface area contributed by atoms with Gasteiger partial charge in [-0.25, -0.2) is 19.6 Å². The van der Waals surface area contributed by atoms with Crippen LogP contribution in [0.4, 0.5) is 5.95 Å². The van der Waals surface area contributed by atoms with Gasteiger partial charge in [0.1, 0.15) is 0 Å². The number of aromatic carboxylic acids is 1. The summed E-state index contributed by atoms with van der Waals surface area (Å²) in [6, 6.07) is 2.88. The predicted octanol–water partition coefficient (Wildman–Crippen LogP) is 0.660. The van der Waals surface area contributed by atoms with Gasteiger partial charge >= 0.3 is 11.9 Å². The summed E-state index contributed by atoms with van der Waals surface area (Å²) in [7, 11) is 0. The number of nitrogens with zero attached hydrogens (tertiary/aromatic N) is 4. The molecular formula is C13H15N5O4. The zero-order valence-electron chi connectivity index (χ0n) is 11.9. The lowest BCUT2D eigenvalue weighted by Crippen LogP contribution is -2.14. The van der Waals surface area contributed by atoms with Crippen LogP contribution in [0.25, 0.3) is 0 Å². The number of esters is 1. The van der Waals surface area contributed by atoms with E-state index in [2.05, 4.69) is 20.4 Å². The number of carboxylic acid groups (broad SMARTS) is 1. The van der Waals surface area contributed by atoms with Crippen molar-refractivity contribution in [3.8, 4) is 0 Å². The molecule has 2 heterocycles. The average molecular weight is 305 g/mol.